The molecule has 0 saturated carbocycles. The molecular formula is C24H29N5O2S. The minimum Gasteiger partial charge on any atom is -0.353 e. The van der Waals surface area contributed by atoms with Crippen LogP contribution in [0.2, 0.25) is 0 Å². The summed E-state index contributed by atoms with van der Waals surface area (Å²) in [6, 6.07) is 15.9. The van der Waals surface area contributed by atoms with E-state index in [1.54, 1.807) is 11.8 Å². The molecule has 4 rings (SSSR count). The van der Waals surface area contributed by atoms with E-state index in [0.29, 0.717) is 38.5 Å². The SMILES string of the molecule is CC(C)NC(=O)CN1CCN(C(=O)c2ccccc2CSc2nc3ccccc3[nH]2)CC1. The maximum atomic E-state index is 13.2. The molecule has 2 N–H and O–H groups in total. The number of imidazole rings is 1. The van der Waals surface area contributed by atoms with Crippen LogP contribution in [-0.4, -0.2) is 70.3 Å². The van der Waals surface area contributed by atoms with Crippen LogP contribution in [0.3, 0.4) is 0 Å². The van der Waals surface area contributed by atoms with Gasteiger partial charge in [0, 0.05) is 43.5 Å². The first-order chi connectivity index (χ1) is 15.5. The molecule has 32 heavy (non-hydrogen) atoms. The molecule has 0 aliphatic carbocycles. The highest BCUT2D eigenvalue weighted by Gasteiger charge is 2.24. The Bertz CT molecular complexity index is 1060. The summed E-state index contributed by atoms with van der Waals surface area (Å²) in [6.07, 6.45) is 0. The minimum absolute atomic E-state index is 0.0349. The third-order valence-corrected chi connectivity index (χ3v) is 6.38. The van der Waals surface area contributed by atoms with Gasteiger partial charge in [0.05, 0.1) is 17.6 Å². The zero-order valence-electron chi connectivity index (χ0n) is 18.5. The van der Waals surface area contributed by atoms with Gasteiger partial charge in [0.25, 0.3) is 5.91 Å². The summed E-state index contributed by atoms with van der Waals surface area (Å²) in [5.74, 6) is 0.752. The first-order valence-corrected chi connectivity index (χ1v) is 11.9. The standard InChI is InChI=1S/C24H29N5O2S/c1-17(2)25-22(30)15-28-11-13-29(14-12-28)23(31)19-8-4-3-7-18(19)16-32-24-26-20-9-5-6-10-21(20)27-24/h3-10,17H,11-16H2,1-2H3,(H,25,30)(H,26,27). The van der Waals surface area contributed by atoms with E-state index >= 15 is 0 Å². The number of benzene rings is 2. The van der Waals surface area contributed by atoms with Gasteiger partial charge in [0.1, 0.15) is 0 Å². The smallest absolute Gasteiger partial charge is 0.254 e. The lowest BCUT2D eigenvalue weighted by Crippen LogP contribution is -2.51. The van der Waals surface area contributed by atoms with Gasteiger partial charge in [0.2, 0.25) is 5.91 Å². The molecule has 1 aliphatic rings. The molecule has 0 bridgehead atoms. The summed E-state index contributed by atoms with van der Waals surface area (Å²) in [7, 11) is 0. The molecule has 2 aromatic carbocycles. The second-order valence-electron chi connectivity index (χ2n) is 8.30. The van der Waals surface area contributed by atoms with Gasteiger partial charge in [-0.05, 0) is 37.6 Å². The fourth-order valence-electron chi connectivity index (χ4n) is 3.85. The van der Waals surface area contributed by atoms with Gasteiger partial charge in [-0.2, -0.15) is 0 Å². The Morgan fingerprint density at radius 3 is 2.53 bits per heavy atom. The molecule has 0 atom stereocenters. The number of fused-ring (bicyclic) bond motifs is 1. The number of carbonyl (C=O) groups is 2. The van der Waals surface area contributed by atoms with Crippen LogP contribution in [0.4, 0.5) is 0 Å². The van der Waals surface area contributed by atoms with E-state index in [9.17, 15) is 9.59 Å². The van der Waals surface area contributed by atoms with Crippen LogP contribution in [0.15, 0.2) is 53.7 Å². The molecule has 168 valence electrons. The predicted octanol–water partition coefficient (Wildman–Crippen LogP) is 3.14. The van der Waals surface area contributed by atoms with E-state index in [0.717, 1.165) is 27.3 Å². The van der Waals surface area contributed by atoms with Crippen molar-refractivity contribution < 1.29 is 9.59 Å². The number of para-hydroxylation sites is 2. The summed E-state index contributed by atoms with van der Waals surface area (Å²) < 4.78 is 0. The number of hydrogen-bond donors (Lipinski definition) is 2. The van der Waals surface area contributed by atoms with Crippen molar-refractivity contribution >= 4 is 34.6 Å². The molecule has 0 unspecified atom stereocenters. The topological polar surface area (TPSA) is 81.3 Å². The van der Waals surface area contributed by atoms with E-state index in [1.165, 1.54) is 0 Å². The van der Waals surface area contributed by atoms with Crippen LogP contribution in [0.5, 0.6) is 0 Å². The monoisotopic (exact) mass is 451 g/mol. The number of nitrogens with one attached hydrogen (secondary N) is 2. The lowest BCUT2D eigenvalue weighted by Gasteiger charge is -2.34. The third-order valence-electron chi connectivity index (χ3n) is 5.46. The highest BCUT2D eigenvalue weighted by Crippen LogP contribution is 2.25. The fourth-order valence-corrected chi connectivity index (χ4v) is 4.74. The number of carbonyl (C=O) groups excluding carboxylic acids is 2. The Kier molecular flexibility index (Phi) is 7.12. The van der Waals surface area contributed by atoms with Crippen molar-refractivity contribution in [2.24, 2.45) is 0 Å². The van der Waals surface area contributed by atoms with Crippen molar-refractivity contribution in [1.29, 1.82) is 0 Å². The number of rotatable bonds is 7. The summed E-state index contributed by atoms with van der Waals surface area (Å²) in [6.45, 7) is 6.94. The van der Waals surface area contributed by atoms with Crippen molar-refractivity contribution in [3.05, 3.63) is 59.7 Å². The number of thioether (sulfide) groups is 1. The second-order valence-corrected chi connectivity index (χ2v) is 9.26. The van der Waals surface area contributed by atoms with Crippen LogP contribution >= 0.6 is 11.8 Å². The van der Waals surface area contributed by atoms with Gasteiger partial charge < -0.3 is 15.2 Å². The first-order valence-electron chi connectivity index (χ1n) is 11.0. The van der Waals surface area contributed by atoms with Crippen LogP contribution in [0.1, 0.15) is 29.8 Å². The van der Waals surface area contributed by atoms with Gasteiger partial charge in [-0.1, -0.05) is 42.1 Å². The zero-order valence-corrected chi connectivity index (χ0v) is 19.3. The van der Waals surface area contributed by atoms with Crippen molar-refractivity contribution in [3.8, 4) is 0 Å². The molecule has 1 fully saturated rings. The largest absolute Gasteiger partial charge is 0.353 e. The van der Waals surface area contributed by atoms with Crippen molar-refractivity contribution in [1.82, 2.24) is 25.1 Å². The first kappa shape index (κ1) is 22.4. The molecule has 1 saturated heterocycles. The third kappa shape index (κ3) is 5.49. The number of hydrogen-bond acceptors (Lipinski definition) is 5. The van der Waals surface area contributed by atoms with Gasteiger partial charge in [-0.15, -0.1) is 0 Å². The number of H-pyrrole nitrogens is 1. The van der Waals surface area contributed by atoms with E-state index in [-0.39, 0.29) is 17.9 Å². The molecular weight excluding hydrogens is 422 g/mol. The van der Waals surface area contributed by atoms with Gasteiger partial charge in [0.15, 0.2) is 5.16 Å². The predicted molar refractivity (Wildman–Crippen MR) is 128 cm³/mol. The Morgan fingerprint density at radius 1 is 1.06 bits per heavy atom. The Hall–Kier alpha value is -2.84. The number of nitrogens with zero attached hydrogens (tertiary/aromatic N) is 3. The second kappa shape index (κ2) is 10.2. The quantitative estimate of drug-likeness (QED) is 0.540. The number of aromatic amines is 1. The molecule has 0 radical (unpaired) electrons. The van der Waals surface area contributed by atoms with Crippen LogP contribution in [0, 0.1) is 0 Å². The van der Waals surface area contributed by atoms with Crippen molar-refractivity contribution in [2.45, 2.75) is 30.8 Å². The summed E-state index contributed by atoms with van der Waals surface area (Å²) in [5.41, 5.74) is 3.70. The van der Waals surface area contributed by atoms with E-state index < -0.39 is 0 Å². The molecule has 2 amide bonds. The highest BCUT2D eigenvalue weighted by molar-refractivity contribution is 7.98. The average molecular weight is 452 g/mol. The van der Waals surface area contributed by atoms with Gasteiger partial charge in [-0.3, -0.25) is 14.5 Å². The van der Waals surface area contributed by atoms with E-state index in [2.05, 4.69) is 20.2 Å². The highest BCUT2D eigenvalue weighted by atomic mass is 32.2. The average Bonchev–Trinajstić information content (AvgIpc) is 3.20. The van der Waals surface area contributed by atoms with Gasteiger partial charge >= 0.3 is 0 Å². The summed E-state index contributed by atoms with van der Waals surface area (Å²) in [5, 5.41) is 3.77. The van der Waals surface area contributed by atoms with E-state index in [1.807, 2.05) is 67.3 Å². The van der Waals surface area contributed by atoms with Gasteiger partial charge in [-0.25, -0.2) is 4.98 Å². The maximum absolute atomic E-state index is 13.2. The Morgan fingerprint density at radius 2 is 1.78 bits per heavy atom. The lowest BCUT2D eigenvalue weighted by atomic mass is 10.1. The van der Waals surface area contributed by atoms with Crippen LogP contribution in [0.25, 0.3) is 11.0 Å². The summed E-state index contributed by atoms with van der Waals surface area (Å²) in [4.78, 5) is 37.2. The number of amides is 2. The molecule has 2 heterocycles. The van der Waals surface area contributed by atoms with Crippen molar-refractivity contribution in [3.63, 3.8) is 0 Å². The molecule has 1 aromatic heterocycles. The lowest BCUT2D eigenvalue weighted by molar-refractivity contribution is -0.123. The molecule has 0 spiro atoms. The van der Waals surface area contributed by atoms with Crippen LogP contribution < -0.4 is 5.32 Å². The van der Waals surface area contributed by atoms with Crippen molar-refractivity contribution in [2.75, 3.05) is 32.7 Å². The molecule has 7 nitrogen and oxygen atoms in total. The Labute approximate surface area is 192 Å². The normalized spacial score (nSPS) is 14.8. The summed E-state index contributed by atoms with van der Waals surface area (Å²) >= 11 is 1.60. The maximum Gasteiger partial charge on any atom is 0.254 e. The van der Waals surface area contributed by atoms with E-state index in [4.69, 9.17) is 0 Å². The number of piperazine rings is 1. The van der Waals surface area contributed by atoms with Crippen LogP contribution in [-0.2, 0) is 10.5 Å². The minimum atomic E-state index is 0.0349. The molecule has 3 aromatic rings. The Balaban J connectivity index is 1.36. The fraction of sp³-hybridized carbons (Fsp3) is 0.375. The molecule has 1 aliphatic heterocycles. The molecule has 8 heteroatoms. The number of aromatic nitrogens is 2. The zero-order chi connectivity index (χ0) is 22.5.